The van der Waals surface area contributed by atoms with E-state index >= 15 is 0 Å². The third-order valence-corrected chi connectivity index (χ3v) is 5.69. The third kappa shape index (κ3) is 3.87. The zero-order valence-corrected chi connectivity index (χ0v) is 16.6. The van der Waals surface area contributed by atoms with E-state index in [9.17, 15) is 14.4 Å². The van der Waals surface area contributed by atoms with Gasteiger partial charge in [0.2, 0.25) is 11.8 Å². The molecule has 1 saturated heterocycles. The van der Waals surface area contributed by atoms with Crippen LogP contribution >= 0.6 is 22.9 Å². The summed E-state index contributed by atoms with van der Waals surface area (Å²) in [7, 11) is 0. The largest absolute Gasteiger partial charge is 0.364 e. The summed E-state index contributed by atoms with van der Waals surface area (Å²) in [5.74, 6) is -1.49. The lowest BCUT2D eigenvalue weighted by atomic mass is 10.1. The monoisotopic (exact) mass is 429 g/mol. The van der Waals surface area contributed by atoms with Gasteiger partial charge in [0, 0.05) is 30.1 Å². The highest BCUT2D eigenvalue weighted by atomic mass is 35.5. The molecular weight excluding hydrogens is 414 g/mol. The number of halogens is 1. The second-order valence-electron chi connectivity index (χ2n) is 6.55. The van der Waals surface area contributed by atoms with Crippen LogP contribution in [-0.2, 0) is 9.59 Å². The van der Waals surface area contributed by atoms with Gasteiger partial charge >= 0.3 is 0 Å². The van der Waals surface area contributed by atoms with Crippen LogP contribution in [0.5, 0.6) is 0 Å². The molecule has 4 N–H and O–H groups in total. The summed E-state index contributed by atoms with van der Waals surface area (Å²) in [6.45, 7) is 0.256. The molecular formula is C19H16ClN5O3S. The number of aromatic amines is 1. The van der Waals surface area contributed by atoms with Crippen LogP contribution in [0.2, 0.25) is 5.02 Å². The fourth-order valence-electron chi connectivity index (χ4n) is 3.14. The lowest BCUT2D eigenvalue weighted by Crippen LogP contribution is -2.28. The van der Waals surface area contributed by atoms with Gasteiger partial charge in [-0.15, -0.1) is 11.3 Å². The van der Waals surface area contributed by atoms with E-state index < -0.39 is 11.8 Å². The Morgan fingerprint density at radius 1 is 1.34 bits per heavy atom. The Kier molecular flexibility index (Phi) is 5.08. The number of nitrogens with two attached hydrogens (primary N) is 1. The maximum absolute atomic E-state index is 12.6. The number of rotatable bonds is 5. The minimum absolute atomic E-state index is 0.106. The second-order valence-corrected chi connectivity index (χ2v) is 7.82. The number of hydrogen-bond donors (Lipinski definition) is 3. The minimum atomic E-state index is -0.561. The SMILES string of the molecule is NC(=O)c1cc(-c2csc(NC(=O)C3CC(=O)N(c4ccccc4Cl)C3)n2)c[nH]1. The highest BCUT2D eigenvalue weighted by Gasteiger charge is 2.36. The lowest BCUT2D eigenvalue weighted by molar-refractivity contribution is -0.122. The number of anilines is 2. The second kappa shape index (κ2) is 7.69. The molecule has 0 radical (unpaired) electrons. The van der Waals surface area contributed by atoms with Crippen molar-refractivity contribution in [3.8, 4) is 11.3 Å². The van der Waals surface area contributed by atoms with Gasteiger partial charge in [-0.25, -0.2) is 4.98 Å². The number of para-hydroxylation sites is 1. The highest BCUT2D eigenvalue weighted by Crippen LogP contribution is 2.32. The Morgan fingerprint density at radius 2 is 2.14 bits per heavy atom. The standard InChI is InChI=1S/C19H16ClN5O3S/c20-12-3-1-2-4-15(12)25-8-11(6-16(25)26)18(28)24-19-23-14(9-29-19)10-5-13(17(21)27)22-7-10/h1-5,7,9,11,22H,6,8H2,(H2,21,27)(H,23,24,28). The Hall–Kier alpha value is -3.17. The molecule has 8 nitrogen and oxygen atoms in total. The molecule has 1 unspecified atom stereocenters. The van der Waals surface area contributed by atoms with E-state index in [0.717, 1.165) is 0 Å². The van der Waals surface area contributed by atoms with Crippen LogP contribution in [0.3, 0.4) is 0 Å². The molecule has 0 aliphatic carbocycles. The molecule has 0 bridgehead atoms. The van der Waals surface area contributed by atoms with Gasteiger partial charge in [-0.1, -0.05) is 23.7 Å². The molecule has 4 rings (SSSR count). The summed E-state index contributed by atoms with van der Waals surface area (Å²) in [6.07, 6.45) is 1.73. The number of nitrogens with zero attached hydrogens (tertiary/aromatic N) is 2. The van der Waals surface area contributed by atoms with Gasteiger partial charge in [0.05, 0.1) is 22.3 Å². The van der Waals surface area contributed by atoms with Crippen molar-refractivity contribution in [2.75, 3.05) is 16.8 Å². The zero-order valence-electron chi connectivity index (χ0n) is 15.0. The predicted octanol–water partition coefficient (Wildman–Crippen LogP) is 2.88. The molecule has 0 spiro atoms. The van der Waals surface area contributed by atoms with Gasteiger partial charge in [-0.05, 0) is 18.2 Å². The van der Waals surface area contributed by atoms with Crippen molar-refractivity contribution in [1.29, 1.82) is 0 Å². The van der Waals surface area contributed by atoms with Gasteiger partial charge in [0.25, 0.3) is 5.91 Å². The number of carbonyl (C=O) groups is 3. The van der Waals surface area contributed by atoms with Gasteiger partial charge < -0.3 is 20.9 Å². The first-order valence-corrected chi connectivity index (χ1v) is 9.98. The molecule has 1 aromatic carbocycles. The van der Waals surface area contributed by atoms with Crippen molar-refractivity contribution >= 4 is 51.5 Å². The highest BCUT2D eigenvalue weighted by molar-refractivity contribution is 7.14. The molecule has 1 fully saturated rings. The zero-order chi connectivity index (χ0) is 20.5. The molecule has 1 aliphatic rings. The first-order valence-electron chi connectivity index (χ1n) is 8.72. The topological polar surface area (TPSA) is 121 Å². The molecule has 0 saturated carbocycles. The minimum Gasteiger partial charge on any atom is -0.364 e. The van der Waals surface area contributed by atoms with E-state index in [1.165, 1.54) is 16.2 Å². The van der Waals surface area contributed by atoms with Gasteiger partial charge in [-0.3, -0.25) is 14.4 Å². The molecule has 2 aromatic heterocycles. The quantitative estimate of drug-likeness (QED) is 0.577. The van der Waals surface area contributed by atoms with Crippen molar-refractivity contribution in [2.24, 2.45) is 11.7 Å². The summed E-state index contributed by atoms with van der Waals surface area (Å²) >= 11 is 7.43. The summed E-state index contributed by atoms with van der Waals surface area (Å²) in [5.41, 5.74) is 7.41. The first-order chi connectivity index (χ1) is 13.9. The molecule has 1 atom stereocenters. The van der Waals surface area contributed by atoms with Crippen LogP contribution in [0.1, 0.15) is 16.9 Å². The number of carbonyl (C=O) groups excluding carboxylic acids is 3. The van der Waals surface area contributed by atoms with E-state index in [0.29, 0.717) is 27.1 Å². The van der Waals surface area contributed by atoms with Crippen LogP contribution < -0.4 is 16.0 Å². The average molecular weight is 430 g/mol. The van der Waals surface area contributed by atoms with Crippen LogP contribution in [0, 0.1) is 5.92 Å². The molecule has 148 valence electrons. The number of amides is 3. The van der Waals surface area contributed by atoms with Crippen molar-refractivity contribution in [3.05, 3.63) is 52.6 Å². The third-order valence-electron chi connectivity index (χ3n) is 4.62. The molecule has 1 aliphatic heterocycles. The predicted molar refractivity (Wildman–Crippen MR) is 111 cm³/mol. The van der Waals surface area contributed by atoms with E-state index in [4.69, 9.17) is 17.3 Å². The molecule has 10 heteroatoms. The Bertz CT molecular complexity index is 1110. The Balaban J connectivity index is 1.44. The van der Waals surface area contributed by atoms with Crippen molar-refractivity contribution in [2.45, 2.75) is 6.42 Å². The summed E-state index contributed by atoms with van der Waals surface area (Å²) in [5, 5.41) is 5.41. The van der Waals surface area contributed by atoms with Crippen LogP contribution in [0.15, 0.2) is 41.9 Å². The van der Waals surface area contributed by atoms with E-state index in [1.54, 1.807) is 41.9 Å². The van der Waals surface area contributed by atoms with Crippen molar-refractivity contribution in [3.63, 3.8) is 0 Å². The number of aromatic nitrogens is 2. The smallest absolute Gasteiger partial charge is 0.265 e. The number of primary amides is 1. The maximum Gasteiger partial charge on any atom is 0.265 e. The first kappa shape index (κ1) is 19.2. The summed E-state index contributed by atoms with van der Waals surface area (Å²) in [4.78, 5) is 44.9. The number of hydrogen-bond acceptors (Lipinski definition) is 5. The van der Waals surface area contributed by atoms with E-state index in [1.807, 2.05) is 0 Å². The number of thiazole rings is 1. The molecule has 3 aromatic rings. The molecule has 29 heavy (non-hydrogen) atoms. The Morgan fingerprint density at radius 3 is 2.86 bits per heavy atom. The number of benzene rings is 1. The fourth-order valence-corrected chi connectivity index (χ4v) is 4.10. The molecule has 3 heterocycles. The summed E-state index contributed by atoms with van der Waals surface area (Å²) in [6, 6.07) is 8.64. The number of nitrogens with one attached hydrogen (secondary N) is 2. The maximum atomic E-state index is 12.6. The average Bonchev–Trinajstić information content (AvgIpc) is 3.41. The van der Waals surface area contributed by atoms with Gasteiger partial charge in [0.1, 0.15) is 5.69 Å². The van der Waals surface area contributed by atoms with Crippen molar-refractivity contribution in [1.82, 2.24) is 9.97 Å². The Labute approximate surface area is 174 Å². The van der Waals surface area contributed by atoms with E-state index in [2.05, 4.69) is 15.3 Å². The summed E-state index contributed by atoms with van der Waals surface area (Å²) < 4.78 is 0. The number of H-pyrrole nitrogens is 1. The lowest BCUT2D eigenvalue weighted by Gasteiger charge is -2.17. The van der Waals surface area contributed by atoms with Crippen LogP contribution in [-0.4, -0.2) is 34.2 Å². The van der Waals surface area contributed by atoms with Gasteiger partial charge in [-0.2, -0.15) is 0 Å². The van der Waals surface area contributed by atoms with Crippen LogP contribution in [0.4, 0.5) is 10.8 Å². The molecule has 3 amide bonds. The fraction of sp³-hybridized carbons (Fsp3) is 0.158. The van der Waals surface area contributed by atoms with Crippen LogP contribution in [0.25, 0.3) is 11.3 Å². The van der Waals surface area contributed by atoms with E-state index in [-0.39, 0.29) is 30.5 Å². The van der Waals surface area contributed by atoms with Crippen molar-refractivity contribution < 1.29 is 14.4 Å². The van der Waals surface area contributed by atoms with Gasteiger partial charge in [0.15, 0.2) is 5.13 Å². The normalized spacial score (nSPS) is 16.2.